The Kier molecular flexibility index (Phi) is 6.11. The van der Waals surface area contributed by atoms with Crippen molar-refractivity contribution in [2.45, 2.75) is 31.7 Å². The van der Waals surface area contributed by atoms with Crippen LogP contribution in [0.3, 0.4) is 0 Å². The van der Waals surface area contributed by atoms with Crippen molar-refractivity contribution in [3.8, 4) is 0 Å². The van der Waals surface area contributed by atoms with Gasteiger partial charge in [-0.2, -0.15) is 0 Å². The molecule has 1 atom stereocenters. The molecule has 0 bridgehead atoms. The summed E-state index contributed by atoms with van der Waals surface area (Å²) in [5, 5.41) is 3.28. The van der Waals surface area contributed by atoms with Crippen molar-refractivity contribution in [3.05, 3.63) is 0 Å². The number of hydrogen-bond donors (Lipinski definition) is 1. The number of piperidine rings is 1. The summed E-state index contributed by atoms with van der Waals surface area (Å²) in [7, 11) is 1.44. The number of ether oxygens (including phenoxy) is 1. The molecule has 0 aromatic rings. The predicted octanol–water partition coefficient (Wildman–Crippen LogP) is 1.11. The third-order valence-electron chi connectivity index (χ3n) is 2.05. The highest BCUT2D eigenvalue weighted by molar-refractivity contribution is 5.85. The second-order valence-electron chi connectivity index (χ2n) is 2.93. The molecule has 1 aliphatic rings. The fourth-order valence-corrected chi connectivity index (χ4v) is 1.38. The van der Waals surface area contributed by atoms with Crippen LogP contribution in [0.2, 0.25) is 0 Å². The van der Waals surface area contributed by atoms with Gasteiger partial charge in [0.05, 0.1) is 13.5 Å². The van der Waals surface area contributed by atoms with E-state index < -0.39 is 0 Å². The number of hydrogen-bond acceptors (Lipinski definition) is 3. The highest BCUT2D eigenvalue weighted by atomic mass is 35.5. The summed E-state index contributed by atoms with van der Waals surface area (Å²) in [5.74, 6) is -0.107. The van der Waals surface area contributed by atoms with Crippen molar-refractivity contribution < 1.29 is 9.53 Å². The zero-order chi connectivity index (χ0) is 8.10. The van der Waals surface area contributed by atoms with E-state index in [2.05, 4.69) is 10.1 Å². The molecule has 0 aliphatic carbocycles. The molecule has 1 heterocycles. The van der Waals surface area contributed by atoms with Crippen molar-refractivity contribution in [2.24, 2.45) is 0 Å². The third-order valence-corrected chi connectivity index (χ3v) is 2.05. The van der Waals surface area contributed by atoms with Crippen molar-refractivity contribution >= 4 is 18.4 Å². The Morgan fingerprint density at radius 3 is 2.83 bits per heavy atom. The lowest BCUT2D eigenvalue weighted by molar-refractivity contribution is -0.141. The lowest BCUT2D eigenvalue weighted by atomic mass is 10.0. The van der Waals surface area contributed by atoms with Gasteiger partial charge < -0.3 is 10.1 Å². The Morgan fingerprint density at radius 1 is 1.58 bits per heavy atom. The fraction of sp³-hybridized carbons (Fsp3) is 0.875. The van der Waals surface area contributed by atoms with Crippen LogP contribution in [0.5, 0.6) is 0 Å². The van der Waals surface area contributed by atoms with Crippen LogP contribution >= 0.6 is 12.4 Å². The van der Waals surface area contributed by atoms with E-state index in [1.165, 1.54) is 20.0 Å². The average Bonchev–Trinajstić information content (AvgIpc) is 2.06. The van der Waals surface area contributed by atoms with Gasteiger partial charge in [-0.1, -0.05) is 6.42 Å². The van der Waals surface area contributed by atoms with Gasteiger partial charge in [-0.25, -0.2) is 0 Å². The smallest absolute Gasteiger partial charge is 0.307 e. The summed E-state index contributed by atoms with van der Waals surface area (Å²) in [6, 6.07) is 0.358. The fourth-order valence-electron chi connectivity index (χ4n) is 1.38. The van der Waals surface area contributed by atoms with Gasteiger partial charge in [0, 0.05) is 6.04 Å². The molecule has 12 heavy (non-hydrogen) atoms. The first-order chi connectivity index (χ1) is 5.33. The molecule has 1 N–H and O–H groups in total. The van der Waals surface area contributed by atoms with Crippen molar-refractivity contribution in [2.75, 3.05) is 13.7 Å². The molecular formula is C8H16ClNO2. The van der Waals surface area contributed by atoms with E-state index in [4.69, 9.17) is 0 Å². The van der Waals surface area contributed by atoms with Crippen LogP contribution in [0, 0.1) is 0 Å². The minimum atomic E-state index is -0.107. The number of carbonyl (C=O) groups is 1. The summed E-state index contributed by atoms with van der Waals surface area (Å²) in [6.45, 7) is 1.04. The van der Waals surface area contributed by atoms with E-state index in [0.717, 1.165) is 13.0 Å². The molecule has 0 amide bonds. The lowest BCUT2D eigenvalue weighted by Crippen LogP contribution is -2.35. The van der Waals surface area contributed by atoms with E-state index in [9.17, 15) is 4.79 Å². The molecule has 0 aromatic heterocycles. The first-order valence-corrected chi connectivity index (χ1v) is 4.13. The molecule has 72 valence electrons. The molecule has 3 nitrogen and oxygen atoms in total. The standard InChI is InChI=1S/C8H15NO2.ClH/c1-11-8(10)6-7-4-2-3-5-9-7;/h7,9H,2-6H2,1H3;1H/t7-;/m0./s1. The maximum atomic E-state index is 10.8. The Hall–Kier alpha value is -0.280. The summed E-state index contributed by atoms with van der Waals surface area (Å²) in [6.07, 6.45) is 4.10. The highest BCUT2D eigenvalue weighted by Gasteiger charge is 2.15. The molecule has 0 saturated carbocycles. The van der Waals surface area contributed by atoms with Crippen LogP contribution in [-0.4, -0.2) is 25.7 Å². The van der Waals surface area contributed by atoms with Gasteiger partial charge in [0.2, 0.25) is 0 Å². The predicted molar refractivity (Wildman–Crippen MR) is 49.5 cm³/mol. The van der Waals surface area contributed by atoms with E-state index in [-0.39, 0.29) is 18.4 Å². The Morgan fingerprint density at radius 2 is 2.33 bits per heavy atom. The summed E-state index contributed by atoms with van der Waals surface area (Å²) in [4.78, 5) is 10.8. The maximum Gasteiger partial charge on any atom is 0.307 e. The number of rotatable bonds is 2. The number of carbonyl (C=O) groups excluding carboxylic acids is 1. The summed E-state index contributed by atoms with van der Waals surface area (Å²) < 4.78 is 4.57. The molecule has 1 fully saturated rings. The Balaban J connectivity index is 0.00000121. The van der Waals surface area contributed by atoms with Crippen LogP contribution in [0.4, 0.5) is 0 Å². The molecule has 1 saturated heterocycles. The number of halogens is 1. The van der Waals surface area contributed by atoms with Crippen LogP contribution in [0.1, 0.15) is 25.7 Å². The topological polar surface area (TPSA) is 38.3 Å². The average molecular weight is 194 g/mol. The van der Waals surface area contributed by atoms with Gasteiger partial charge in [-0.05, 0) is 19.4 Å². The van der Waals surface area contributed by atoms with Gasteiger partial charge in [0.1, 0.15) is 0 Å². The first-order valence-electron chi connectivity index (χ1n) is 4.13. The Labute approximate surface area is 79.3 Å². The van der Waals surface area contributed by atoms with Crippen molar-refractivity contribution in [3.63, 3.8) is 0 Å². The molecule has 0 aromatic carbocycles. The Bertz CT molecular complexity index is 135. The largest absolute Gasteiger partial charge is 0.469 e. The number of methoxy groups -OCH3 is 1. The van der Waals surface area contributed by atoms with Gasteiger partial charge in [-0.3, -0.25) is 4.79 Å². The zero-order valence-electron chi connectivity index (χ0n) is 7.34. The molecule has 1 rings (SSSR count). The first kappa shape index (κ1) is 11.7. The van der Waals surface area contributed by atoms with Gasteiger partial charge >= 0.3 is 5.97 Å². The van der Waals surface area contributed by atoms with E-state index in [1.807, 2.05) is 0 Å². The van der Waals surface area contributed by atoms with Crippen LogP contribution in [0.15, 0.2) is 0 Å². The number of nitrogens with one attached hydrogen (secondary N) is 1. The lowest BCUT2D eigenvalue weighted by Gasteiger charge is -2.21. The van der Waals surface area contributed by atoms with Crippen LogP contribution < -0.4 is 5.32 Å². The van der Waals surface area contributed by atoms with E-state index in [0.29, 0.717) is 12.5 Å². The normalized spacial score (nSPS) is 22.6. The minimum Gasteiger partial charge on any atom is -0.469 e. The van der Waals surface area contributed by atoms with Crippen LogP contribution in [0.25, 0.3) is 0 Å². The number of esters is 1. The van der Waals surface area contributed by atoms with E-state index >= 15 is 0 Å². The highest BCUT2D eigenvalue weighted by Crippen LogP contribution is 2.09. The molecule has 4 heteroatoms. The SMILES string of the molecule is COC(=O)C[C@@H]1CCCCN1.Cl. The summed E-state index contributed by atoms with van der Waals surface area (Å²) >= 11 is 0. The quantitative estimate of drug-likeness (QED) is 0.668. The van der Waals surface area contributed by atoms with E-state index in [1.54, 1.807) is 0 Å². The molecule has 1 aliphatic heterocycles. The minimum absolute atomic E-state index is 0. The van der Waals surface area contributed by atoms with Crippen molar-refractivity contribution in [1.29, 1.82) is 0 Å². The molecular weight excluding hydrogens is 178 g/mol. The second kappa shape index (κ2) is 6.26. The molecule has 0 radical (unpaired) electrons. The second-order valence-corrected chi connectivity index (χ2v) is 2.93. The van der Waals surface area contributed by atoms with Crippen LogP contribution in [-0.2, 0) is 9.53 Å². The zero-order valence-corrected chi connectivity index (χ0v) is 8.15. The monoisotopic (exact) mass is 193 g/mol. The third kappa shape index (κ3) is 3.93. The maximum absolute atomic E-state index is 10.8. The molecule has 0 unspecified atom stereocenters. The van der Waals surface area contributed by atoms with Gasteiger partial charge in [0.25, 0.3) is 0 Å². The molecule has 0 spiro atoms. The summed E-state index contributed by atoms with van der Waals surface area (Å²) in [5.41, 5.74) is 0. The van der Waals surface area contributed by atoms with Gasteiger partial charge in [-0.15, -0.1) is 12.4 Å². The van der Waals surface area contributed by atoms with Crippen molar-refractivity contribution in [1.82, 2.24) is 5.32 Å². The van der Waals surface area contributed by atoms with Gasteiger partial charge in [0.15, 0.2) is 0 Å².